The summed E-state index contributed by atoms with van der Waals surface area (Å²) in [6.45, 7) is 3.93. The molecule has 0 spiro atoms. The molecule has 2 aliphatic heterocycles. The Kier molecular flexibility index (Phi) is 1.87. The monoisotopic (exact) mass is 206 g/mol. The quantitative estimate of drug-likeness (QED) is 0.709. The van der Waals surface area contributed by atoms with E-state index in [4.69, 9.17) is 9.47 Å². The van der Waals surface area contributed by atoms with Gasteiger partial charge in [-0.15, -0.1) is 0 Å². The second kappa shape index (κ2) is 3.12. The molecule has 1 fully saturated rings. The molecule has 0 atom stereocenters. The van der Waals surface area contributed by atoms with Gasteiger partial charge in [-0.2, -0.15) is 0 Å². The fraction of sp³-hybridized carbons (Fsp3) is 0.455. The van der Waals surface area contributed by atoms with Crippen molar-refractivity contribution in [2.45, 2.75) is 18.9 Å². The molecule has 0 aromatic heterocycles. The molecule has 0 aliphatic carbocycles. The molecular formula is C11H14N2O2. The van der Waals surface area contributed by atoms with Crippen LogP contribution in [0.1, 0.15) is 6.92 Å². The van der Waals surface area contributed by atoms with Gasteiger partial charge in [-0.05, 0) is 19.1 Å². The van der Waals surface area contributed by atoms with Gasteiger partial charge < -0.3 is 9.47 Å². The Morgan fingerprint density at radius 1 is 1.13 bits per heavy atom. The molecule has 1 saturated heterocycles. The molecule has 4 heteroatoms. The molecule has 0 bridgehead atoms. The van der Waals surface area contributed by atoms with Gasteiger partial charge in [0, 0.05) is 13.1 Å². The average molecular weight is 206 g/mol. The summed E-state index contributed by atoms with van der Waals surface area (Å²) in [4.78, 5) is 0. The van der Waals surface area contributed by atoms with Crippen LogP contribution < -0.4 is 20.1 Å². The van der Waals surface area contributed by atoms with Crippen LogP contribution in [0.15, 0.2) is 24.3 Å². The van der Waals surface area contributed by atoms with E-state index in [0.717, 1.165) is 24.6 Å². The highest BCUT2D eigenvalue weighted by Crippen LogP contribution is 2.36. The van der Waals surface area contributed by atoms with Crippen molar-refractivity contribution >= 4 is 0 Å². The van der Waals surface area contributed by atoms with Crippen LogP contribution in [0, 0.1) is 0 Å². The van der Waals surface area contributed by atoms with Crippen LogP contribution in [0.5, 0.6) is 11.5 Å². The van der Waals surface area contributed by atoms with Crippen LogP contribution in [-0.2, 0) is 0 Å². The predicted molar refractivity (Wildman–Crippen MR) is 55.9 cm³/mol. The van der Waals surface area contributed by atoms with Crippen molar-refractivity contribution < 1.29 is 9.47 Å². The topological polar surface area (TPSA) is 42.5 Å². The molecule has 2 N–H and O–H groups in total. The second-order valence-corrected chi connectivity index (χ2v) is 4.07. The Morgan fingerprint density at radius 3 is 2.20 bits per heavy atom. The maximum Gasteiger partial charge on any atom is 0.272 e. The van der Waals surface area contributed by atoms with Crippen LogP contribution in [0.2, 0.25) is 0 Å². The molecular weight excluding hydrogens is 192 g/mol. The Morgan fingerprint density at radius 2 is 1.67 bits per heavy atom. The van der Waals surface area contributed by atoms with E-state index in [0.29, 0.717) is 0 Å². The third-order valence-electron chi connectivity index (χ3n) is 2.90. The number of ether oxygens (including phenoxy) is 2. The van der Waals surface area contributed by atoms with Gasteiger partial charge in [0.05, 0.1) is 0 Å². The highest BCUT2D eigenvalue weighted by molar-refractivity contribution is 5.42. The van der Waals surface area contributed by atoms with Gasteiger partial charge in [0.2, 0.25) is 0 Å². The van der Waals surface area contributed by atoms with Crippen LogP contribution in [-0.4, -0.2) is 25.0 Å². The van der Waals surface area contributed by atoms with Gasteiger partial charge in [-0.3, -0.25) is 10.6 Å². The number of hydrogen-bond acceptors (Lipinski definition) is 4. The van der Waals surface area contributed by atoms with E-state index in [9.17, 15) is 0 Å². The van der Waals surface area contributed by atoms with Crippen molar-refractivity contribution in [3.8, 4) is 11.5 Å². The first-order valence-corrected chi connectivity index (χ1v) is 5.20. The van der Waals surface area contributed by atoms with Gasteiger partial charge in [-0.1, -0.05) is 12.1 Å². The molecule has 0 unspecified atom stereocenters. The van der Waals surface area contributed by atoms with Gasteiger partial charge in [0.1, 0.15) is 5.66 Å². The highest BCUT2D eigenvalue weighted by atomic mass is 16.7. The van der Waals surface area contributed by atoms with E-state index < -0.39 is 0 Å². The lowest BCUT2D eigenvalue weighted by Gasteiger charge is -2.29. The zero-order valence-electron chi connectivity index (χ0n) is 8.62. The predicted octanol–water partition coefficient (Wildman–Crippen LogP) is 0.693. The second-order valence-electron chi connectivity index (χ2n) is 4.07. The lowest BCUT2D eigenvalue weighted by molar-refractivity contribution is -0.0313. The van der Waals surface area contributed by atoms with E-state index in [1.54, 1.807) is 0 Å². The van der Waals surface area contributed by atoms with Crippen LogP contribution in [0.4, 0.5) is 0 Å². The van der Waals surface area contributed by atoms with Crippen molar-refractivity contribution in [2.75, 3.05) is 13.1 Å². The summed E-state index contributed by atoms with van der Waals surface area (Å²) >= 11 is 0. The van der Waals surface area contributed by atoms with Crippen molar-refractivity contribution in [3.63, 3.8) is 0 Å². The largest absolute Gasteiger partial charge is 0.448 e. The van der Waals surface area contributed by atoms with E-state index in [-0.39, 0.29) is 12.0 Å². The number of para-hydroxylation sites is 2. The first-order valence-electron chi connectivity index (χ1n) is 5.20. The number of rotatable bonds is 1. The summed E-state index contributed by atoms with van der Waals surface area (Å²) in [5.74, 6) is 1.64. The molecule has 2 heterocycles. The van der Waals surface area contributed by atoms with Crippen molar-refractivity contribution in [1.29, 1.82) is 0 Å². The number of nitrogens with one attached hydrogen (secondary N) is 2. The minimum Gasteiger partial charge on any atom is -0.448 e. The summed E-state index contributed by atoms with van der Waals surface area (Å²) in [5, 5.41) is 6.70. The molecule has 4 nitrogen and oxygen atoms in total. The van der Waals surface area contributed by atoms with Gasteiger partial charge in [0.25, 0.3) is 6.29 Å². The summed E-state index contributed by atoms with van der Waals surface area (Å²) in [6, 6.07) is 7.74. The average Bonchev–Trinajstić information content (AvgIpc) is 2.84. The summed E-state index contributed by atoms with van der Waals surface area (Å²) < 4.78 is 11.5. The third kappa shape index (κ3) is 1.37. The molecule has 80 valence electrons. The van der Waals surface area contributed by atoms with E-state index >= 15 is 0 Å². The maximum atomic E-state index is 5.75. The van der Waals surface area contributed by atoms with Gasteiger partial charge in [0.15, 0.2) is 11.5 Å². The highest BCUT2D eigenvalue weighted by Gasteiger charge is 2.43. The smallest absolute Gasteiger partial charge is 0.272 e. The maximum absolute atomic E-state index is 5.75. The summed E-state index contributed by atoms with van der Waals surface area (Å²) in [5.41, 5.74) is -0.293. The molecule has 1 aromatic carbocycles. The molecule has 15 heavy (non-hydrogen) atoms. The lowest BCUT2D eigenvalue weighted by atomic mass is 10.2. The van der Waals surface area contributed by atoms with Crippen LogP contribution in [0.25, 0.3) is 0 Å². The SMILES string of the molecule is CC1(C2Oc3ccccc3O2)NCCN1. The number of hydrogen-bond donors (Lipinski definition) is 2. The fourth-order valence-electron chi connectivity index (χ4n) is 2.01. The van der Waals surface area contributed by atoms with Crippen molar-refractivity contribution in [1.82, 2.24) is 10.6 Å². The minimum absolute atomic E-state index is 0.293. The Balaban J connectivity index is 1.84. The van der Waals surface area contributed by atoms with E-state index in [2.05, 4.69) is 17.6 Å². The van der Waals surface area contributed by atoms with Gasteiger partial charge >= 0.3 is 0 Å². The summed E-state index contributed by atoms with van der Waals surface area (Å²) in [7, 11) is 0. The first kappa shape index (κ1) is 9.00. The molecule has 0 radical (unpaired) electrons. The molecule has 1 aromatic rings. The Labute approximate surface area is 88.6 Å². The normalized spacial score (nSPS) is 23.3. The van der Waals surface area contributed by atoms with Crippen molar-refractivity contribution in [3.05, 3.63) is 24.3 Å². The molecule has 2 aliphatic rings. The fourth-order valence-corrected chi connectivity index (χ4v) is 2.01. The number of benzene rings is 1. The lowest BCUT2D eigenvalue weighted by Crippen LogP contribution is -2.59. The standard InChI is InChI=1S/C11H14N2O2/c1-11(12-6-7-13-11)10-14-8-4-2-3-5-9(8)15-10/h2-5,10,12-13H,6-7H2,1H3. The molecule has 0 amide bonds. The minimum atomic E-state index is -0.294. The van der Waals surface area contributed by atoms with Gasteiger partial charge in [-0.25, -0.2) is 0 Å². The zero-order valence-corrected chi connectivity index (χ0v) is 8.62. The first-order chi connectivity index (χ1) is 7.28. The van der Waals surface area contributed by atoms with Crippen LogP contribution >= 0.6 is 0 Å². The third-order valence-corrected chi connectivity index (χ3v) is 2.90. The van der Waals surface area contributed by atoms with E-state index in [1.165, 1.54) is 0 Å². The number of fused-ring (bicyclic) bond motifs is 1. The zero-order chi connectivity index (χ0) is 10.3. The summed E-state index contributed by atoms with van der Waals surface area (Å²) in [6.07, 6.45) is -0.294. The molecule has 0 saturated carbocycles. The van der Waals surface area contributed by atoms with Crippen molar-refractivity contribution in [2.24, 2.45) is 0 Å². The molecule has 3 rings (SSSR count). The Bertz CT molecular complexity index is 350. The Hall–Kier alpha value is -1.26. The van der Waals surface area contributed by atoms with E-state index in [1.807, 2.05) is 24.3 Å². The van der Waals surface area contributed by atoms with Crippen LogP contribution in [0.3, 0.4) is 0 Å².